The monoisotopic (exact) mass is 355 g/mol. The molecule has 0 bridgehead atoms. The lowest BCUT2D eigenvalue weighted by Gasteiger charge is -2.15. The highest BCUT2D eigenvalue weighted by atomic mass is 35.5. The van der Waals surface area contributed by atoms with Crippen LogP contribution in [0.1, 0.15) is 31.4 Å². The van der Waals surface area contributed by atoms with Crippen LogP contribution in [0.2, 0.25) is 0 Å². The molecule has 2 aromatic rings. The molecule has 1 fully saturated rings. The average molecular weight is 356 g/mol. The summed E-state index contributed by atoms with van der Waals surface area (Å²) in [7, 11) is 0. The number of pyridine rings is 1. The standard InChI is InChI=1S/C17H21N3O.2ClH/c18-15-7-3-5-13(15)10-17(21)20-11-16-14-6-2-1-4-12(14)8-9-19-16;;/h1-2,4,6,8-9,13,15H,3,5,7,10-11,18H2,(H,20,21);2*1H/t13-,15+;;/m0../s1. The number of nitrogens with one attached hydrogen (secondary N) is 1. The van der Waals surface area contributed by atoms with Crippen molar-refractivity contribution in [2.45, 2.75) is 38.3 Å². The fraction of sp³-hybridized carbons (Fsp3) is 0.412. The van der Waals surface area contributed by atoms with E-state index in [1.807, 2.05) is 24.3 Å². The van der Waals surface area contributed by atoms with E-state index in [4.69, 9.17) is 5.73 Å². The summed E-state index contributed by atoms with van der Waals surface area (Å²) in [4.78, 5) is 16.4. The Labute approximate surface area is 149 Å². The summed E-state index contributed by atoms with van der Waals surface area (Å²) in [6, 6.07) is 10.3. The van der Waals surface area contributed by atoms with Gasteiger partial charge in [0.05, 0.1) is 12.2 Å². The molecule has 0 aliphatic heterocycles. The van der Waals surface area contributed by atoms with E-state index in [2.05, 4.69) is 16.4 Å². The summed E-state index contributed by atoms with van der Waals surface area (Å²) < 4.78 is 0. The van der Waals surface area contributed by atoms with Crippen LogP contribution < -0.4 is 11.1 Å². The number of carbonyl (C=O) groups excluding carboxylic acids is 1. The Hall–Kier alpha value is -1.36. The quantitative estimate of drug-likeness (QED) is 0.884. The summed E-state index contributed by atoms with van der Waals surface area (Å²) in [5.41, 5.74) is 6.93. The van der Waals surface area contributed by atoms with Gasteiger partial charge in [-0.3, -0.25) is 9.78 Å². The van der Waals surface area contributed by atoms with Gasteiger partial charge >= 0.3 is 0 Å². The highest BCUT2D eigenvalue weighted by molar-refractivity contribution is 5.86. The van der Waals surface area contributed by atoms with Gasteiger partial charge in [-0.2, -0.15) is 0 Å². The van der Waals surface area contributed by atoms with Crippen LogP contribution in [0.5, 0.6) is 0 Å². The lowest BCUT2D eigenvalue weighted by molar-refractivity contribution is -0.122. The summed E-state index contributed by atoms with van der Waals surface area (Å²) in [5.74, 6) is 0.414. The lowest BCUT2D eigenvalue weighted by Crippen LogP contribution is -2.31. The Balaban J connectivity index is 0.00000132. The van der Waals surface area contributed by atoms with Crippen molar-refractivity contribution in [1.82, 2.24) is 10.3 Å². The van der Waals surface area contributed by atoms with E-state index >= 15 is 0 Å². The van der Waals surface area contributed by atoms with Gasteiger partial charge in [0.15, 0.2) is 0 Å². The molecule has 1 aromatic carbocycles. The molecule has 23 heavy (non-hydrogen) atoms. The van der Waals surface area contributed by atoms with Crippen molar-refractivity contribution in [3.63, 3.8) is 0 Å². The van der Waals surface area contributed by atoms with Gasteiger partial charge in [-0.05, 0) is 30.2 Å². The van der Waals surface area contributed by atoms with E-state index in [1.54, 1.807) is 6.20 Å². The van der Waals surface area contributed by atoms with Crippen molar-refractivity contribution in [1.29, 1.82) is 0 Å². The molecule has 1 aliphatic rings. The van der Waals surface area contributed by atoms with Crippen LogP contribution in [0.3, 0.4) is 0 Å². The molecule has 0 saturated heterocycles. The first kappa shape index (κ1) is 19.7. The summed E-state index contributed by atoms with van der Waals surface area (Å²) in [6.45, 7) is 0.474. The van der Waals surface area contributed by atoms with Crippen molar-refractivity contribution < 1.29 is 4.79 Å². The van der Waals surface area contributed by atoms with Crippen LogP contribution in [-0.4, -0.2) is 16.9 Å². The molecular formula is C17H23Cl2N3O. The van der Waals surface area contributed by atoms with Crippen molar-refractivity contribution in [2.24, 2.45) is 11.7 Å². The molecule has 2 atom stereocenters. The van der Waals surface area contributed by atoms with Gasteiger partial charge in [0.1, 0.15) is 0 Å². The molecule has 126 valence electrons. The number of hydrogen-bond donors (Lipinski definition) is 2. The van der Waals surface area contributed by atoms with Gasteiger partial charge in [-0.15, -0.1) is 24.8 Å². The number of nitrogens with two attached hydrogens (primary N) is 1. The summed E-state index contributed by atoms with van der Waals surface area (Å²) >= 11 is 0. The highest BCUT2D eigenvalue weighted by Gasteiger charge is 2.25. The zero-order valence-electron chi connectivity index (χ0n) is 12.9. The van der Waals surface area contributed by atoms with Crippen molar-refractivity contribution in [3.05, 3.63) is 42.2 Å². The number of halogens is 2. The molecule has 1 aromatic heterocycles. The molecule has 6 heteroatoms. The minimum atomic E-state index is 0. The van der Waals surface area contributed by atoms with E-state index in [1.165, 1.54) is 0 Å². The van der Waals surface area contributed by atoms with E-state index in [0.717, 1.165) is 35.7 Å². The maximum absolute atomic E-state index is 12.1. The van der Waals surface area contributed by atoms with Gasteiger partial charge in [0.2, 0.25) is 5.91 Å². The summed E-state index contributed by atoms with van der Waals surface area (Å²) in [6.07, 6.45) is 5.58. The first-order valence-electron chi connectivity index (χ1n) is 7.59. The Morgan fingerprint density at radius 1 is 1.22 bits per heavy atom. The van der Waals surface area contributed by atoms with Crippen LogP contribution in [0.25, 0.3) is 10.8 Å². The Bertz CT molecular complexity index is 645. The predicted octanol–water partition coefficient (Wildman–Crippen LogP) is 3.21. The first-order chi connectivity index (χ1) is 10.2. The number of benzene rings is 1. The number of nitrogens with zero attached hydrogens (tertiary/aromatic N) is 1. The second-order valence-corrected chi connectivity index (χ2v) is 5.81. The molecule has 3 rings (SSSR count). The fourth-order valence-electron chi connectivity index (χ4n) is 3.13. The highest BCUT2D eigenvalue weighted by Crippen LogP contribution is 2.26. The Morgan fingerprint density at radius 3 is 2.74 bits per heavy atom. The Morgan fingerprint density at radius 2 is 2.00 bits per heavy atom. The minimum absolute atomic E-state index is 0. The number of aromatic nitrogens is 1. The molecular weight excluding hydrogens is 333 g/mol. The number of fused-ring (bicyclic) bond motifs is 1. The van der Waals surface area contributed by atoms with Gasteiger partial charge < -0.3 is 11.1 Å². The largest absolute Gasteiger partial charge is 0.350 e. The topological polar surface area (TPSA) is 68.0 Å². The first-order valence-corrected chi connectivity index (χ1v) is 7.59. The molecule has 1 aliphatic carbocycles. The second-order valence-electron chi connectivity index (χ2n) is 5.81. The maximum Gasteiger partial charge on any atom is 0.220 e. The van der Waals surface area contributed by atoms with Crippen LogP contribution >= 0.6 is 24.8 Å². The zero-order valence-corrected chi connectivity index (χ0v) is 14.5. The van der Waals surface area contributed by atoms with Crippen LogP contribution in [0.15, 0.2) is 36.5 Å². The third-order valence-corrected chi connectivity index (χ3v) is 4.37. The predicted molar refractivity (Wildman–Crippen MR) is 98.0 cm³/mol. The van der Waals surface area contributed by atoms with Gasteiger partial charge in [0.25, 0.3) is 0 Å². The number of carbonyl (C=O) groups is 1. The van der Waals surface area contributed by atoms with E-state index in [0.29, 0.717) is 18.9 Å². The summed E-state index contributed by atoms with van der Waals surface area (Å²) in [5, 5.41) is 5.22. The third-order valence-electron chi connectivity index (χ3n) is 4.37. The molecule has 0 spiro atoms. The minimum Gasteiger partial charge on any atom is -0.350 e. The van der Waals surface area contributed by atoms with Crippen molar-refractivity contribution >= 4 is 41.5 Å². The van der Waals surface area contributed by atoms with Gasteiger partial charge in [-0.1, -0.05) is 30.7 Å². The molecule has 3 N–H and O–H groups in total. The molecule has 1 saturated carbocycles. The molecule has 1 amide bonds. The van der Waals surface area contributed by atoms with E-state index < -0.39 is 0 Å². The molecule has 1 heterocycles. The van der Waals surface area contributed by atoms with Crippen molar-refractivity contribution in [2.75, 3.05) is 0 Å². The van der Waals surface area contributed by atoms with Crippen molar-refractivity contribution in [3.8, 4) is 0 Å². The van der Waals surface area contributed by atoms with E-state index in [9.17, 15) is 4.79 Å². The lowest BCUT2D eigenvalue weighted by atomic mass is 10.00. The normalized spacial score (nSPS) is 19.7. The molecule has 0 unspecified atom stereocenters. The van der Waals surface area contributed by atoms with Gasteiger partial charge in [-0.25, -0.2) is 0 Å². The Kier molecular flexibility index (Phi) is 7.76. The fourth-order valence-corrected chi connectivity index (χ4v) is 3.13. The number of rotatable bonds is 4. The zero-order chi connectivity index (χ0) is 14.7. The SMILES string of the molecule is Cl.Cl.N[C@@H]1CCC[C@H]1CC(=O)NCc1nccc2ccccc12. The number of amides is 1. The van der Waals surface area contributed by atoms with E-state index in [-0.39, 0.29) is 36.8 Å². The van der Waals surface area contributed by atoms with Crippen LogP contribution in [0.4, 0.5) is 0 Å². The maximum atomic E-state index is 12.1. The van der Waals surface area contributed by atoms with Crippen LogP contribution in [0, 0.1) is 5.92 Å². The van der Waals surface area contributed by atoms with Crippen LogP contribution in [-0.2, 0) is 11.3 Å². The molecule has 0 radical (unpaired) electrons. The third kappa shape index (κ3) is 4.80. The smallest absolute Gasteiger partial charge is 0.220 e. The second kappa shape index (κ2) is 9.06. The average Bonchev–Trinajstić information content (AvgIpc) is 2.90. The molecule has 4 nitrogen and oxygen atoms in total. The van der Waals surface area contributed by atoms with Gasteiger partial charge in [0, 0.05) is 24.0 Å². The number of hydrogen-bond acceptors (Lipinski definition) is 3.